The summed E-state index contributed by atoms with van der Waals surface area (Å²) in [7, 11) is 0. The lowest BCUT2D eigenvalue weighted by Gasteiger charge is -2.08. The van der Waals surface area contributed by atoms with Gasteiger partial charge in [-0.2, -0.15) is 0 Å². The lowest BCUT2D eigenvalue weighted by molar-refractivity contribution is -0.384. The van der Waals surface area contributed by atoms with Gasteiger partial charge in [-0.05, 0) is 30.3 Å². The van der Waals surface area contributed by atoms with Gasteiger partial charge in [0.2, 0.25) is 0 Å². The number of hydrogen-bond donors (Lipinski definition) is 1. The number of hydrogen-bond acceptors (Lipinski definition) is 4. The summed E-state index contributed by atoms with van der Waals surface area (Å²) in [6.07, 6.45) is 0. The summed E-state index contributed by atoms with van der Waals surface area (Å²) in [5.74, 6) is -0.0405. The smallest absolute Gasteiger partial charge is 0.269 e. The summed E-state index contributed by atoms with van der Waals surface area (Å²) in [6, 6.07) is 10.1. The van der Waals surface area contributed by atoms with Crippen molar-refractivity contribution in [3.8, 4) is 5.75 Å². The number of amides is 1. The second-order valence-corrected chi connectivity index (χ2v) is 5.12. The molecule has 8 heteroatoms. The van der Waals surface area contributed by atoms with E-state index in [1.165, 1.54) is 36.4 Å². The number of carbonyl (C=O) groups is 1. The van der Waals surface area contributed by atoms with E-state index in [9.17, 15) is 14.9 Å². The highest BCUT2D eigenvalue weighted by atomic mass is 35.5. The Morgan fingerprint density at radius 2 is 1.73 bits per heavy atom. The maximum Gasteiger partial charge on any atom is 0.269 e. The van der Waals surface area contributed by atoms with Gasteiger partial charge < -0.3 is 10.1 Å². The van der Waals surface area contributed by atoms with Crippen molar-refractivity contribution >= 4 is 40.5 Å². The van der Waals surface area contributed by atoms with Crippen LogP contribution in [-0.2, 0) is 4.79 Å². The van der Waals surface area contributed by atoms with Crippen LogP contribution in [0.3, 0.4) is 0 Å². The fourth-order valence-corrected chi connectivity index (χ4v) is 2.13. The summed E-state index contributed by atoms with van der Waals surface area (Å²) in [5.41, 5.74) is 0.381. The van der Waals surface area contributed by atoms with Crippen LogP contribution in [0.4, 0.5) is 11.4 Å². The molecule has 0 aliphatic heterocycles. The Morgan fingerprint density at radius 1 is 1.14 bits per heavy atom. The highest BCUT2D eigenvalue weighted by molar-refractivity contribution is 6.34. The van der Waals surface area contributed by atoms with Crippen molar-refractivity contribution < 1.29 is 14.5 Å². The molecule has 0 unspecified atom stereocenters. The molecule has 0 fully saturated rings. The first-order valence-electron chi connectivity index (χ1n) is 6.07. The minimum Gasteiger partial charge on any atom is -0.484 e. The second kappa shape index (κ2) is 7.11. The van der Waals surface area contributed by atoms with Gasteiger partial charge in [0.15, 0.2) is 6.61 Å². The molecule has 0 atom stereocenters. The van der Waals surface area contributed by atoms with E-state index < -0.39 is 10.8 Å². The molecule has 6 nitrogen and oxygen atoms in total. The first kappa shape index (κ1) is 16.1. The molecule has 0 aliphatic carbocycles. The fraction of sp³-hybridized carbons (Fsp3) is 0.0714. The summed E-state index contributed by atoms with van der Waals surface area (Å²) >= 11 is 11.6. The van der Waals surface area contributed by atoms with E-state index in [0.717, 1.165) is 0 Å². The number of nitrogens with zero attached hydrogens (tertiary/aromatic N) is 1. The molecule has 2 aromatic carbocycles. The van der Waals surface area contributed by atoms with Crippen LogP contribution in [0.1, 0.15) is 0 Å². The van der Waals surface area contributed by atoms with E-state index in [4.69, 9.17) is 27.9 Å². The zero-order valence-corrected chi connectivity index (χ0v) is 12.6. The van der Waals surface area contributed by atoms with Crippen molar-refractivity contribution in [2.75, 3.05) is 11.9 Å². The molecule has 0 aliphatic rings. The number of non-ortho nitro benzene ring substituents is 1. The predicted molar refractivity (Wildman–Crippen MR) is 83.7 cm³/mol. The van der Waals surface area contributed by atoms with Crippen molar-refractivity contribution in [3.05, 3.63) is 62.6 Å². The third-order valence-corrected chi connectivity index (χ3v) is 3.00. The fourth-order valence-electron chi connectivity index (χ4n) is 1.62. The Labute approximate surface area is 135 Å². The van der Waals surface area contributed by atoms with E-state index in [2.05, 4.69) is 5.32 Å². The van der Waals surface area contributed by atoms with E-state index in [-0.39, 0.29) is 12.3 Å². The van der Waals surface area contributed by atoms with Gasteiger partial charge in [0.25, 0.3) is 11.6 Å². The second-order valence-electron chi connectivity index (χ2n) is 4.25. The van der Waals surface area contributed by atoms with E-state index in [1.807, 2.05) is 0 Å². The molecule has 0 heterocycles. The topological polar surface area (TPSA) is 81.5 Å². The first-order chi connectivity index (χ1) is 10.4. The Hall–Kier alpha value is -2.31. The van der Waals surface area contributed by atoms with Gasteiger partial charge in [-0.25, -0.2) is 0 Å². The van der Waals surface area contributed by atoms with Crippen LogP contribution in [0, 0.1) is 10.1 Å². The molecule has 2 rings (SSSR count). The minimum atomic E-state index is -0.516. The molecule has 0 radical (unpaired) electrons. The van der Waals surface area contributed by atoms with E-state index >= 15 is 0 Å². The van der Waals surface area contributed by atoms with Crippen LogP contribution < -0.4 is 10.1 Å². The Kier molecular flexibility index (Phi) is 5.19. The zero-order chi connectivity index (χ0) is 16.1. The van der Waals surface area contributed by atoms with Crippen molar-refractivity contribution in [1.29, 1.82) is 0 Å². The van der Waals surface area contributed by atoms with Crippen LogP contribution in [0.25, 0.3) is 0 Å². The lowest BCUT2D eigenvalue weighted by Crippen LogP contribution is -2.20. The lowest BCUT2D eigenvalue weighted by atomic mass is 10.3. The SMILES string of the molecule is O=C(COc1cc(Cl)cc(Cl)c1)Nc1ccc([N+](=O)[O-])cc1. The van der Waals surface area contributed by atoms with Crippen LogP contribution in [0.2, 0.25) is 10.0 Å². The molecule has 22 heavy (non-hydrogen) atoms. The van der Waals surface area contributed by atoms with Crippen LogP contribution in [0.5, 0.6) is 5.75 Å². The van der Waals surface area contributed by atoms with E-state index in [1.54, 1.807) is 6.07 Å². The highest BCUT2D eigenvalue weighted by Crippen LogP contribution is 2.24. The van der Waals surface area contributed by atoms with Gasteiger partial charge in [0.1, 0.15) is 5.75 Å². The predicted octanol–water partition coefficient (Wildman–Crippen LogP) is 3.92. The number of nitrogens with one attached hydrogen (secondary N) is 1. The van der Waals surface area contributed by atoms with Gasteiger partial charge in [0.05, 0.1) is 4.92 Å². The number of rotatable bonds is 5. The molecule has 0 saturated heterocycles. The Balaban J connectivity index is 1.91. The average molecular weight is 341 g/mol. The van der Waals surface area contributed by atoms with Crippen LogP contribution in [0.15, 0.2) is 42.5 Å². The van der Waals surface area contributed by atoms with Crippen LogP contribution >= 0.6 is 23.2 Å². The summed E-state index contributed by atoms with van der Waals surface area (Å²) in [4.78, 5) is 21.7. The summed E-state index contributed by atoms with van der Waals surface area (Å²) in [6.45, 7) is -0.242. The molecule has 0 saturated carbocycles. The standard InChI is InChI=1S/C14H10Cl2N2O4/c15-9-5-10(16)7-13(6-9)22-8-14(19)17-11-1-3-12(4-2-11)18(20)21/h1-7H,8H2,(H,17,19). The van der Waals surface area contributed by atoms with Crippen molar-refractivity contribution in [2.45, 2.75) is 0 Å². The summed E-state index contributed by atoms with van der Waals surface area (Å²) < 4.78 is 5.27. The number of nitro groups is 1. The minimum absolute atomic E-state index is 0.0529. The molecule has 1 N–H and O–H groups in total. The number of halogens is 2. The zero-order valence-electron chi connectivity index (χ0n) is 11.1. The monoisotopic (exact) mass is 340 g/mol. The van der Waals surface area contributed by atoms with Gasteiger partial charge in [-0.15, -0.1) is 0 Å². The van der Waals surface area contributed by atoms with Crippen molar-refractivity contribution in [2.24, 2.45) is 0 Å². The molecule has 2 aromatic rings. The van der Waals surface area contributed by atoms with Crippen LogP contribution in [-0.4, -0.2) is 17.4 Å². The molecule has 0 aromatic heterocycles. The molecular weight excluding hydrogens is 331 g/mol. The third kappa shape index (κ3) is 4.61. The molecule has 0 bridgehead atoms. The van der Waals surface area contributed by atoms with Crippen molar-refractivity contribution in [3.63, 3.8) is 0 Å². The van der Waals surface area contributed by atoms with Gasteiger partial charge in [0, 0.05) is 27.9 Å². The molecular formula is C14H10Cl2N2O4. The van der Waals surface area contributed by atoms with E-state index in [0.29, 0.717) is 21.5 Å². The number of ether oxygens (including phenoxy) is 1. The molecule has 0 spiro atoms. The first-order valence-corrected chi connectivity index (χ1v) is 6.83. The van der Waals surface area contributed by atoms with Gasteiger partial charge >= 0.3 is 0 Å². The van der Waals surface area contributed by atoms with Crippen molar-refractivity contribution in [1.82, 2.24) is 0 Å². The largest absolute Gasteiger partial charge is 0.484 e. The number of carbonyl (C=O) groups excluding carboxylic acids is 1. The highest BCUT2D eigenvalue weighted by Gasteiger charge is 2.08. The quantitative estimate of drug-likeness (QED) is 0.660. The number of nitro benzene ring substituents is 1. The number of anilines is 1. The Bertz CT molecular complexity index is 684. The third-order valence-electron chi connectivity index (χ3n) is 2.57. The maximum absolute atomic E-state index is 11.7. The van der Waals surface area contributed by atoms with Gasteiger partial charge in [-0.1, -0.05) is 23.2 Å². The normalized spacial score (nSPS) is 10.1. The average Bonchev–Trinajstić information content (AvgIpc) is 2.45. The summed E-state index contributed by atoms with van der Waals surface area (Å²) in [5, 5.41) is 13.9. The Morgan fingerprint density at radius 3 is 2.27 bits per heavy atom. The molecule has 114 valence electrons. The van der Waals surface area contributed by atoms with Gasteiger partial charge in [-0.3, -0.25) is 14.9 Å². The maximum atomic E-state index is 11.7. The number of benzene rings is 2. The molecule has 1 amide bonds.